The van der Waals surface area contributed by atoms with Crippen LogP contribution in [0.25, 0.3) is 0 Å². The lowest BCUT2D eigenvalue weighted by Crippen LogP contribution is -2.00. The van der Waals surface area contributed by atoms with Gasteiger partial charge in [-0.3, -0.25) is 0 Å². The lowest BCUT2D eigenvalue weighted by Gasteiger charge is -2.14. The summed E-state index contributed by atoms with van der Waals surface area (Å²) in [5.74, 6) is 2.60. The zero-order valence-corrected chi connectivity index (χ0v) is 10.2. The summed E-state index contributed by atoms with van der Waals surface area (Å²) in [6.07, 6.45) is 0. The highest BCUT2D eigenvalue weighted by Gasteiger charge is 2.12. The highest BCUT2D eigenvalue weighted by molar-refractivity contribution is 5.54. The van der Waals surface area contributed by atoms with Gasteiger partial charge in [-0.1, -0.05) is 0 Å². The van der Waals surface area contributed by atoms with Gasteiger partial charge in [0, 0.05) is 12.1 Å². The van der Waals surface area contributed by atoms with E-state index in [1.807, 2.05) is 13.8 Å². The van der Waals surface area contributed by atoms with Crippen molar-refractivity contribution < 1.29 is 18.9 Å². The summed E-state index contributed by atoms with van der Waals surface area (Å²) in [5, 5.41) is 0. The van der Waals surface area contributed by atoms with Gasteiger partial charge in [-0.15, -0.1) is 0 Å². The Balaban J connectivity index is 3.11. The third-order valence-corrected chi connectivity index (χ3v) is 2.05. The second-order valence-electron chi connectivity index (χ2n) is 3.02. The first-order valence-corrected chi connectivity index (χ1v) is 5.28. The van der Waals surface area contributed by atoms with Crippen molar-refractivity contribution >= 4 is 0 Å². The Bertz CT molecular complexity index is 302. The summed E-state index contributed by atoms with van der Waals surface area (Å²) in [4.78, 5) is 0. The van der Waals surface area contributed by atoms with Crippen LogP contribution < -0.4 is 18.9 Å². The molecule has 0 heterocycles. The predicted octanol–water partition coefficient (Wildman–Crippen LogP) is 2.50. The molecule has 16 heavy (non-hydrogen) atoms. The molecule has 0 atom stereocenters. The number of methoxy groups -OCH3 is 2. The molecule has 0 bridgehead atoms. The zero-order valence-electron chi connectivity index (χ0n) is 10.2. The molecule has 0 N–H and O–H groups in total. The van der Waals surface area contributed by atoms with Crippen molar-refractivity contribution in [3.63, 3.8) is 0 Å². The number of hydrogen-bond acceptors (Lipinski definition) is 4. The molecular formula is C12H18O4. The minimum absolute atomic E-state index is 0.577. The van der Waals surface area contributed by atoms with Crippen LogP contribution in [0.15, 0.2) is 12.1 Å². The van der Waals surface area contributed by atoms with Gasteiger partial charge in [0.1, 0.15) is 0 Å². The smallest absolute Gasteiger partial charge is 0.165 e. The molecule has 0 aliphatic carbocycles. The first-order chi connectivity index (χ1) is 7.76. The maximum Gasteiger partial charge on any atom is 0.165 e. The predicted molar refractivity (Wildman–Crippen MR) is 61.9 cm³/mol. The molecule has 0 aliphatic heterocycles. The van der Waals surface area contributed by atoms with Crippen LogP contribution in [0.1, 0.15) is 13.8 Å². The Morgan fingerprint density at radius 3 is 1.38 bits per heavy atom. The molecule has 0 amide bonds. The fraction of sp³-hybridized carbons (Fsp3) is 0.500. The third-order valence-electron chi connectivity index (χ3n) is 2.05. The summed E-state index contributed by atoms with van der Waals surface area (Å²) in [6, 6.07) is 3.54. The van der Waals surface area contributed by atoms with Crippen LogP contribution in [0.3, 0.4) is 0 Å². The van der Waals surface area contributed by atoms with Crippen LogP contribution in [0.2, 0.25) is 0 Å². The van der Waals surface area contributed by atoms with E-state index < -0.39 is 0 Å². The van der Waals surface area contributed by atoms with Crippen molar-refractivity contribution in [3.05, 3.63) is 12.1 Å². The number of rotatable bonds is 6. The molecule has 90 valence electrons. The molecule has 0 fully saturated rings. The Hall–Kier alpha value is -1.58. The molecule has 0 saturated carbocycles. The molecule has 1 aromatic carbocycles. The van der Waals surface area contributed by atoms with E-state index in [1.54, 1.807) is 26.4 Å². The molecule has 0 spiro atoms. The van der Waals surface area contributed by atoms with Gasteiger partial charge in [-0.05, 0) is 13.8 Å². The lowest BCUT2D eigenvalue weighted by atomic mass is 10.2. The van der Waals surface area contributed by atoms with E-state index in [9.17, 15) is 0 Å². The molecule has 0 radical (unpaired) electrons. The van der Waals surface area contributed by atoms with E-state index in [1.165, 1.54) is 0 Å². The fourth-order valence-corrected chi connectivity index (χ4v) is 1.38. The summed E-state index contributed by atoms with van der Waals surface area (Å²) >= 11 is 0. The van der Waals surface area contributed by atoms with Gasteiger partial charge in [0.05, 0.1) is 27.4 Å². The Morgan fingerprint density at radius 2 is 1.12 bits per heavy atom. The normalized spacial score (nSPS) is 9.75. The van der Waals surface area contributed by atoms with E-state index >= 15 is 0 Å². The van der Waals surface area contributed by atoms with Crippen LogP contribution in [0.5, 0.6) is 23.0 Å². The number of benzene rings is 1. The molecule has 4 nitrogen and oxygen atoms in total. The maximum atomic E-state index is 5.44. The number of ether oxygens (including phenoxy) is 4. The highest BCUT2D eigenvalue weighted by Crippen LogP contribution is 2.39. The molecule has 1 rings (SSSR count). The Kier molecular flexibility index (Phi) is 4.76. The Labute approximate surface area is 96.1 Å². The van der Waals surface area contributed by atoms with Gasteiger partial charge in [0.25, 0.3) is 0 Å². The van der Waals surface area contributed by atoms with Crippen LogP contribution in [-0.4, -0.2) is 27.4 Å². The summed E-state index contributed by atoms with van der Waals surface area (Å²) in [7, 11) is 3.19. The standard InChI is InChI=1S/C12H18O4/c1-5-15-11-7-10(14-4)12(16-6-2)8-9(11)13-3/h7-8H,5-6H2,1-4H3. The molecule has 0 unspecified atom stereocenters. The second kappa shape index (κ2) is 6.10. The monoisotopic (exact) mass is 226 g/mol. The third kappa shape index (κ3) is 2.72. The van der Waals surface area contributed by atoms with E-state index in [0.29, 0.717) is 36.2 Å². The molecule has 0 saturated heterocycles. The van der Waals surface area contributed by atoms with Gasteiger partial charge < -0.3 is 18.9 Å². The SMILES string of the molecule is CCOc1cc(OC)c(OCC)cc1OC. The maximum absolute atomic E-state index is 5.44. The molecule has 0 aliphatic rings. The van der Waals surface area contributed by atoms with Crippen molar-refractivity contribution in [2.45, 2.75) is 13.8 Å². The van der Waals surface area contributed by atoms with E-state index in [2.05, 4.69) is 0 Å². The van der Waals surface area contributed by atoms with Crippen LogP contribution in [0, 0.1) is 0 Å². The van der Waals surface area contributed by atoms with Gasteiger partial charge >= 0.3 is 0 Å². The number of hydrogen-bond donors (Lipinski definition) is 0. The Morgan fingerprint density at radius 1 is 0.750 bits per heavy atom. The van der Waals surface area contributed by atoms with E-state index in [-0.39, 0.29) is 0 Å². The first kappa shape index (κ1) is 12.5. The van der Waals surface area contributed by atoms with Crippen LogP contribution >= 0.6 is 0 Å². The molecule has 1 aromatic rings. The minimum atomic E-state index is 0.577. The fourth-order valence-electron chi connectivity index (χ4n) is 1.38. The minimum Gasteiger partial charge on any atom is -0.493 e. The van der Waals surface area contributed by atoms with Crippen molar-refractivity contribution in [1.29, 1.82) is 0 Å². The van der Waals surface area contributed by atoms with Crippen molar-refractivity contribution in [2.75, 3.05) is 27.4 Å². The van der Waals surface area contributed by atoms with Gasteiger partial charge in [0.2, 0.25) is 0 Å². The molecule has 0 aromatic heterocycles. The first-order valence-electron chi connectivity index (χ1n) is 5.28. The lowest BCUT2D eigenvalue weighted by molar-refractivity contribution is 0.289. The quantitative estimate of drug-likeness (QED) is 0.746. The van der Waals surface area contributed by atoms with Crippen LogP contribution in [-0.2, 0) is 0 Å². The van der Waals surface area contributed by atoms with Gasteiger partial charge in [-0.2, -0.15) is 0 Å². The van der Waals surface area contributed by atoms with Crippen LogP contribution in [0.4, 0.5) is 0 Å². The average molecular weight is 226 g/mol. The topological polar surface area (TPSA) is 36.9 Å². The second-order valence-corrected chi connectivity index (χ2v) is 3.02. The zero-order chi connectivity index (χ0) is 12.0. The largest absolute Gasteiger partial charge is 0.493 e. The average Bonchev–Trinajstić information content (AvgIpc) is 2.31. The molecule has 4 heteroatoms. The van der Waals surface area contributed by atoms with Gasteiger partial charge in [-0.25, -0.2) is 0 Å². The van der Waals surface area contributed by atoms with Crippen molar-refractivity contribution in [1.82, 2.24) is 0 Å². The molecular weight excluding hydrogens is 208 g/mol. The van der Waals surface area contributed by atoms with E-state index in [0.717, 1.165) is 0 Å². The van der Waals surface area contributed by atoms with E-state index in [4.69, 9.17) is 18.9 Å². The van der Waals surface area contributed by atoms with Gasteiger partial charge in [0.15, 0.2) is 23.0 Å². The highest BCUT2D eigenvalue weighted by atomic mass is 16.5. The summed E-state index contributed by atoms with van der Waals surface area (Å²) < 4.78 is 21.3. The summed E-state index contributed by atoms with van der Waals surface area (Å²) in [5.41, 5.74) is 0. The van der Waals surface area contributed by atoms with Crippen molar-refractivity contribution in [3.8, 4) is 23.0 Å². The van der Waals surface area contributed by atoms with Crippen molar-refractivity contribution in [2.24, 2.45) is 0 Å². The summed E-state index contributed by atoms with van der Waals surface area (Å²) in [6.45, 7) is 4.99.